The molecule has 1 aliphatic rings. The molecule has 1 aliphatic carbocycles. The van der Waals surface area contributed by atoms with Gasteiger partial charge in [0, 0.05) is 0 Å². The molecule has 0 radical (unpaired) electrons. The third-order valence-electron chi connectivity index (χ3n) is 4.79. The van der Waals surface area contributed by atoms with Crippen LogP contribution in [-0.4, -0.2) is 10.7 Å². The molecule has 2 nitrogen and oxygen atoms in total. The van der Waals surface area contributed by atoms with Crippen molar-refractivity contribution in [2.75, 3.05) is 0 Å². The van der Waals surface area contributed by atoms with E-state index in [2.05, 4.69) is 40.7 Å². The van der Waals surface area contributed by atoms with E-state index < -0.39 is 11.0 Å². The van der Waals surface area contributed by atoms with Crippen molar-refractivity contribution in [2.45, 2.75) is 78.7 Å². The molecule has 0 aromatic heterocycles. The minimum absolute atomic E-state index is 0.426. The average Bonchev–Trinajstić information content (AvgIpc) is 2.71. The first kappa shape index (κ1) is 16.5. The van der Waals surface area contributed by atoms with Crippen LogP contribution in [0.4, 0.5) is 0 Å². The van der Waals surface area contributed by atoms with Gasteiger partial charge in [-0.1, -0.05) is 41.0 Å². The van der Waals surface area contributed by atoms with Crippen LogP contribution in [0.2, 0.25) is 0 Å². The van der Waals surface area contributed by atoms with E-state index >= 15 is 0 Å². The molecule has 0 saturated heterocycles. The van der Waals surface area contributed by atoms with E-state index in [1.54, 1.807) is 0 Å². The SMILES string of the molecule is CCC1CCC(C#N)(C(O)(CC(C)C)CC(C)C)C1. The fourth-order valence-corrected chi connectivity index (χ4v) is 3.95. The van der Waals surface area contributed by atoms with Crippen LogP contribution in [0.5, 0.6) is 0 Å². The van der Waals surface area contributed by atoms with Crippen LogP contribution < -0.4 is 0 Å². The molecule has 0 spiro atoms. The van der Waals surface area contributed by atoms with Crippen molar-refractivity contribution < 1.29 is 5.11 Å². The van der Waals surface area contributed by atoms with Gasteiger partial charge in [0.1, 0.15) is 0 Å². The van der Waals surface area contributed by atoms with E-state index in [9.17, 15) is 10.4 Å². The number of aliphatic hydroxyl groups is 1. The van der Waals surface area contributed by atoms with Gasteiger partial charge in [-0.2, -0.15) is 5.26 Å². The summed E-state index contributed by atoms with van der Waals surface area (Å²) in [7, 11) is 0. The maximum absolute atomic E-state index is 11.3. The first-order chi connectivity index (χ1) is 8.78. The fraction of sp³-hybridized carbons (Fsp3) is 0.941. The van der Waals surface area contributed by atoms with Crippen molar-refractivity contribution >= 4 is 0 Å². The third kappa shape index (κ3) is 3.51. The van der Waals surface area contributed by atoms with E-state index in [4.69, 9.17) is 0 Å². The van der Waals surface area contributed by atoms with E-state index in [1.807, 2.05) is 0 Å². The summed E-state index contributed by atoms with van der Waals surface area (Å²) in [6.07, 6.45) is 5.48. The van der Waals surface area contributed by atoms with Gasteiger partial charge >= 0.3 is 0 Å². The molecule has 0 aromatic carbocycles. The molecule has 0 aliphatic heterocycles. The molecule has 0 amide bonds. The van der Waals surface area contributed by atoms with Crippen LogP contribution in [0.1, 0.15) is 73.1 Å². The minimum atomic E-state index is -0.812. The number of rotatable bonds is 6. The van der Waals surface area contributed by atoms with Gasteiger partial charge in [-0.15, -0.1) is 0 Å². The summed E-state index contributed by atoms with van der Waals surface area (Å²) < 4.78 is 0. The molecule has 0 bridgehead atoms. The van der Waals surface area contributed by atoms with E-state index in [0.717, 1.165) is 38.5 Å². The Kier molecular flexibility index (Phi) is 5.44. The lowest BCUT2D eigenvalue weighted by Crippen LogP contribution is -2.48. The lowest BCUT2D eigenvalue weighted by atomic mass is 9.64. The summed E-state index contributed by atoms with van der Waals surface area (Å²) in [6.45, 7) is 10.8. The van der Waals surface area contributed by atoms with Crippen LogP contribution in [-0.2, 0) is 0 Å². The predicted octanol–water partition coefficient (Wildman–Crippen LogP) is 4.53. The van der Waals surface area contributed by atoms with Crippen molar-refractivity contribution in [1.82, 2.24) is 0 Å². The summed E-state index contributed by atoms with van der Waals surface area (Å²) >= 11 is 0. The van der Waals surface area contributed by atoms with Crippen LogP contribution in [0, 0.1) is 34.5 Å². The summed E-state index contributed by atoms with van der Waals surface area (Å²) in [5, 5.41) is 21.1. The lowest BCUT2D eigenvalue weighted by Gasteiger charge is -2.43. The van der Waals surface area contributed by atoms with Gasteiger partial charge in [0.05, 0.1) is 17.1 Å². The molecule has 1 rings (SSSR count). The molecule has 0 aromatic rings. The molecular weight excluding hydrogens is 234 g/mol. The molecule has 110 valence electrons. The van der Waals surface area contributed by atoms with Crippen LogP contribution in [0.15, 0.2) is 0 Å². The quantitative estimate of drug-likeness (QED) is 0.766. The largest absolute Gasteiger partial charge is 0.388 e. The molecule has 19 heavy (non-hydrogen) atoms. The first-order valence-corrected chi connectivity index (χ1v) is 7.92. The zero-order valence-corrected chi connectivity index (χ0v) is 13.4. The second-order valence-electron chi connectivity index (χ2n) is 7.44. The van der Waals surface area contributed by atoms with Crippen LogP contribution >= 0.6 is 0 Å². The van der Waals surface area contributed by atoms with Gasteiger partial charge in [0.15, 0.2) is 0 Å². The van der Waals surface area contributed by atoms with Crippen molar-refractivity contribution in [3.63, 3.8) is 0 Å². The Morgan fingerprint density at radius 2 is 1.79 bits per heavy atom. The zero-order valence-electron chi connectivity index (χ0n) is 13.4. The van der Waals surface area contributed by atoms with E-state index in [-0.39, 0.29) is 0 Å². The Labute approximate surface area is 119 Å². The van der Waals surface area contributed by atoms with E-state index in [0.29, 0.717) is 17.8 Å². The number of nitriles is 1. The standard InChI is InChI=1S/C17H31NO/c1-6-15-7-8-16(11-15,12-18)17(19,9-13(2)3)10-14(4)5/h13-15,19H,6-11H2,1-5H3. The monoisotopic (exact) mass is 265 g/mol. The van der Waals surface area contributed by atoms with Gasteiger partial charge in [0.2, 0.25) is 0 Å². The van der Waals surface area contributed by atoms with Gasteiger partial charge in [-0.25, -0.2) is 0 Å². The number of hydrogen-bond acceptors (Lipinski definition) is 2. The molecule has 2 atom stereocenters. The number of nitrogens with zero attached hydrogens (tertiary/aromatic N) is 1. The lowest BCUT2D eigenvalue weighted by molar-refractivity contribution is -0.0844. The van der Waals surface area contributed by atoms with Crippen LogP contribution in [0.3, 0.4) is 0 Å². The minimum Gasteiger partial charge on any atom is -0.388 e. The topological polar surface area (TPSA) is 44.0 Å². The summed E-state index contributed by atoms with van der Waals surface area (Å²) in [6, 6.07) is 2.54. The third-order valence-corrected chi connectivity index (χ3v) is 4.79. The van der Waals surface area contributed by atoms with Crippen molar-refractivity contribution in [1.29, 1.82) is 5.26 Å². The Morgan fingerprint density at radius 3 is 2.11 bits per heavy atom. The Morgan fingerprint density at radius 1 is 1.26 bits per heavy atom. The molecular formula is C17H31NO. The Balaban J connectivity index is 3.04. The average molecular weight is 265 g/mol. The maximum atomic E-state index is 11.3. The molecule has 2 heteroatoms. The Hall–Kier alpha value is -0.550. The highest BCUT2D eigenvalue weighted by Gasteiger charge is 2.54. The van der Waals surface area contributed by atoms with Crippen molar-refractivity contribution in [3.8, 4) is 6.07 Å². The second kappa shape index (κ2) is 6.27. The summed E-state index contributed by atoms with van der Waals surface area (Å²) in [5.74, 6) is 1.47. The summed E-state index contributed by atoms with van der Waals surface area (Å²) in [5.41, 5.74) is -1.32. The first-order valence-electron chi connectivity index (χ1n) is 7.92. The van der Waals surface area contributed by atoms with Gasteiger partial charge < -0.3 is 5.11 Å². The second-order valence-corrected chi connectivity index (χ2v) is 7.44. The predicted molar refractivity (Wildman–Crippen MR) is 79.5 cm³/mol. The smallest absolute Gasteiger partial charge is 0.0863 e. The molecule has 2 unspecified atom stereocenters. The molecule has 1 fully saturated rings. The maximum Gasteiger partial charge on any atom is 0.0863 e. The summed E-state index contributed by atoms with van der Waals surface area (Å²) in [4.78, 5) is 0. The highest BCUT2D eigenvalue weighted by molar-refractivity contribution is 5.15. The Bertz CT molecular complexity index is 319. The normalized spacial score (nSPS) is 28.1. The van der Waals surface area contributed by atoms with Crippen molar-refractivity contribution in [2.24, 2.45) is 23.2 Å². The number of hydrogen-bond donors (Lipinski definition) is 1. The van der Waals surface area contributed by atoms with Crippen molar-refractivity contribution in [3.05, 3.63) is 0 Å². The fourth-order valence-electron chi connectivity index (χ4n) is 3.95. The molecule has 1 N–H and O–H groups in total. The highest BCUT2D eigenvalue weighted by Crippen LogP contribution is 2.53. The molecule has 1 saturated carbocycles. The van der Waals surface area contributed by atoms with Crippen LogP contribution in [0.25, 0.3) is 0 Å². The zero-order chi connectivity index (χ0) is 14.7. The van der Waals surface area contributed by atoms with Gasteiger partial charge in [0.25, 0.3) is 0 Å². The van der Waals surface area contributed by atoms with Gasteiger partial charge in [-0.05, 0) is 49.9 Å². The van der Waals surface area contributed by atoms with Gasteiger partial charge in [-0.3, -0.25) is 0 Å². The van der Waals surface area contributed by atoms with E-state index in [1.165, 1.54) is 0 Å². The molecule has 0 heterocycles. The highest BCUT2D eigenvalue weighted by atomic mass is 16.3.